The van der Waals surface area contributed by atoms with Crippen LogP contribution in [0.15, 0.2) is 78.9 Å². The summed E-state index contributed by atoms with van der Waals surface area (Å²) in [5, 5.41) is 4.45. The third kappa shape index (κ3) is 6.43. The van der Waals surface area contributed by atoms with Crippen molar-refractivity contribution in [3.63, 3.8) is 0 Å². The minimum Gasteiger partial charge on any atom is -0.444 e. The molecule has 7 heteroatoms. The van der Waals surface area contributed by atoms with E-state index >= 15 is 0 Å². The van der Waals surface area contributed by atoms with Crippen LogP contribution in [0.3, 0.4) is 0 Å². The van der Waals surface area contributed by atoms with E-state index in [9.17, 15) is 9.59 Å². The average Bonchev–Trinajstić information content (AvgIpc) is 3.35. The van der Waals surface area contributed by atoms with E-state index in [4.69, 9.17) is 9.47 Å². The molecule has 1 fully saturated rings. The van der Waals surface area contributed by atoms with Crippen molar-refractivity contribution in [3.05, 3.63) is 95.7 Å². The van der Waals surface area contributed by atoms with Crippen molar-refractivity contribution in [1.82, 2.24) is 14.8 Å². The van der Waals surface area contributed by atoms with Gasteiger partial charge in [-0.3, -0.25) is 9.69 Å². The highest BCUT2D eigenvalue weighted by atomic mass is 16.6. The average molecular weight is 622 g/mol. The fourth-order valence-electron chi connectivity index (χ4n) is 7.57. The van der Waals surface area contributed by atoms with Gasteiger partial charge >= 0.3 is 6.09 Å². The highest BCUT2D eigenvalue weighted by Crippen LogP contribution is 2.47. The molecule has 1 N–H and O–H groups in total. The summed E-state index contributed by atoms with van der Waals surface area (Å²) in [7, 11) is 3.74. The second-order valence-corrected chi connectivity index (χ2v) is 13.9. The Labute approximate surface area is 272 Å². The predicted octanol–water partition coefficient (Wildman–Crippen LogP) is 8.13. The van der Waals surface area contributed by atoms with Crippen LogP contribution in [0.4, 0.5) is 4.79 Å². The lowest BCUT2D eigenvalue weighted by Crippen LogP contribution is -2.57. The Balaban J connectivity index is 1.39. The number of carbonyl (C=O) groups excluding carboxylic acids is 2. The lowest BCUT2D eigenvalue weighted by atomic mass is 9.77. The number of hydrogen-bond acceptors (Lipinski definition) is 4. The minimum atomic E-state index is -0.733. The molecule has 1 saturated carbocycles. The largest absolute Gasteiger partial charge is 0.444 e. The number of amides is 2. The maximum absolute atomic E-state index is 14.6. The SMILES string of the molecule is COCC(NC(=O)[C@H]1Cc2c(n(C)c3ccccc23)C(C2CCCCC2)N1C(=O)OC(C)(C)C)c1ccc(-c2ccccc2)cc1. The first-order chi connectivity index (χ1) is 22.2. The Morgan fingerprint density at radius 1 is 0.891 bits per heavy atom. The van der Waals surface area contributed by atoms with E-state index in [1.54, 1.807) is 12.0 Å². The number of nitrogens with zero attached hydrogens (tertiary/aromatic N) is 2. The normalized spacial score (nSPS) is 19.5. The van der Waals surface area contributed by atoms with Crippen LogP contribution in [0.5, 0.6) is 0 Å². The zero-order valence-corrected chi connectivity index (χ0v) is 27.8. The standard InChI is InChI=1S/C39H47N3O4/c1-39(2,3)46-38(44)42-34(37(43)40-32(25-45-5)28-22-20-27(21-23-28)26-14-8-6-9-15-26)24-31-30-18-12-13-19-33(30)41(4)36(31)35(42)29-16-10-7-11-17-29/h6,8-9,12-15,18-23,29,32,34-35H,7,10-11,16-17,24-25H2,1-5H3,(H,40,43)/t32?,34-,35?/m1/s1. The van der Waals surface area contributed by atoms with Crippen LogP contribution in [0, 0.1) is 5.92 Å². The molecule has 1 aromatic heterocycles. The molecule has 0 bridgehead atoms. The van der Waals surface area contributed by atoms with E-state index in [0.29, 0.717) is 13.0 Å². The van der Waals surface area contributed by atoms with Crippen molar-refractivity contribution >= 4 is 22.9 Å². The number of aromatic nitrogens is 1. The molecule has 2 heterocycles. The molecular formula is C39H47N3O4. The summed E-state index contributed by atoms with van der Waals surface area (Å²) in [5.74, 6) is 0.0402. The van der Waals surface area contributed by atoms with Gasteiger partial charge in [0.15, 0.2) is 0 Å². The number of fused-ring (bicyclic) bond motifs is 3. The predicted molar refractivity (Wildman–Crippen MR) is 182 cm³/mol. The third-order valence-corrected chi connectivity index (χ3v) is 9.65. The Kier molecular flexibility index (Phi) is 9.23. The Bertz CT molecular complexity index is 1670. The van der Waals surface area contributed by atoms with Gasteiger partial charge in [-0.2, -0.15) is 0 Å². The summed E-state index contributed by atoms with van der Waals surface area (Å²) in [6, 6.07) is 25.5. The van der Waals surface area contributed by atoms with Crippen LogP contribution in [-0.2, 0) is 27.7 Å². The summed E-state index contributed by atoms with van der Waals surface area (Å²) in [6.07, 6.45) is 5.44. The Morgan fingerprint density at radius 3 is 2.22 bits per heavy atom. The Hall–Kier alpha value is -4.10. The van der Waals surface area contributed by atoms with E-state index in [1.807, 2.05) is 51.1 Å². The number of ether oxygens (including phenoxy) is 2. The van der Waals surface area contributed by atoms with E-state index in [1.165, 1.54) is 6.42 Å². The smallest absolute Gasteiger partial charge is 0.411 e. The van der Waals surface area contributed by atoms with E-state index in [0.717, 1.165) is 64.5 Å². The third-order valence-electron chi connectivity index (χ3n) is 9.65. The van der Waals surface area contributed by atoms with Crippen LogP contribution in [0.1, 0.15) is 81.8 Å². The molecule has 7 nitrogen and oxygen atoms in total. The molecule has 2 unspecified atom stereocenters. The van der Waals surface area contributed by atoms with Crippen molar-refractivity contribution in [1.29, 1.82) is 0 Å². The molecule has 6 rings (SSSR count). The monoisotopic (exact) mass is 621 g/mol. The van der Waals surface area contributed by atoms with Gasteiger partial charge in [-0.15, -0.1) is 0 Å². The van der Waals surface area contributed by atoms with Crippen molar-refractivity contribution in [2.45, 2.75) is 83.0 Å². The summed E-state index contributed by atoms with van der Waals surface area (Å²) >= 11 is 0. The summed E-state index contributed by atoms with van der Waals surface area (Å²) < 4.78 is 13.9. The van der Waals surface area contributed by atoms with Gasteiger partial charge in [0.05, 0.1) is 18.7 Å². The lowest BCUT2D eigenvalue weighted by molar-refractivity contribution is -0.130. The molecule has 1 aliphatic carbocycles. The first-order valence-electron chi connectivity index (χ1n) is 16.7. The van der Waals surface area contributed by atoms with Crippen molar-refractivity contribution < 1.29 is 19.1 Å². The quantitative estimate of drug-likeness (QED) is 0.226. The fraction of sp³-hybridized carbons (Fsp3) is 0.436. The van der Waals surface area contributed by atoms with Gasteiger partial charge in [-0.05, 0) is 67.9 Å². The molecule has 0 radical (unpaired) electrons. The van der Waals surface area contributed by atoms with Crippen molar-refractivity contribution in [2.75, 3.05) is 13.7 Å². The van der Waals surface area contributed by atoms with Gasteiger partial charge in [0, 0.05) is 37.2 Å². The first kappa shape index (κ1) is 31.9. The first-order valence-corrected chi connectivity index (χ1v) is 16.7. The topological polar surface area (TPSA) is 72.8 Å². The summed E-state index contributed by atoms with van der Waals surface area (Å²) in [4.78, 5) is 30.6. The van der Waals surface area contributed by atoms with Gasteiger partial charge in [-0.25, -0.2) is 4.79 Å². The van der Waals surface area contributed by atoms with Gasteiger partial charge in [-0.1, -0.05) is 92.1 Å². The fourth-order valence-corrected chi connectivity index (χ4v) is 7.57. The van der Waals surface area contributed by atoms with Crippen LogP contribution in [-0.4, -0.2) is 46.8 Å². The molecule has 3 aromatic carbocycles. The van der Waals surface area contributed by atoms with Gasteiger partial charge in [0.1, 0.15) is 11.6 Å². The lowest BCUT2D eigenvalue weighted by Gasteiger charge is -2.46. The van der Waals surface area contributed by atoms with Crippen LogP contribution in [0.25, 0.3) is 22.0 Å². The maximum atomic E-state index is 14.6. The summed E-state index contributed by atoms with van der Waals surface area (Å²) in [6.45, 7) is 5.96. The van der Waals surface area contributed by atoms with Crippen molar-refractivity contribution in [3.8, 4) is 11.1 Å². The molecule has 46 heavy (non-hydrogen) atoms. The molecule has 242 valence electrons. The molecule has 0 saturated heterocycles. The van der Waals surface area contributed by atoms with Crippen molar-refractivity contribution in [2.24, 2.45) is 13.0 Å². The Morgan fingerprint density at radius 2 is 1.54 bits per heavy atom. The second kappa shape index (κ2) is 13.3. The number of methoxy groups -OCH3 is 1. The zero-order valence-electron chi connectivity index (χ0n) is 27.8. The molecule has 0 spiro atoms. The number of hydrogen-bond donors (Lipinski definition) is 1. The van der Waals surface area contributed by atoms with Crippen LogP contribution in [0.2, 0.25) is 0 Å². The van der Waals surface area contributed by atoms with Gasteiger partial charge in [0.2, 0.25) is 5.91 Å². The number of rotatable bonds is 7. The molecule has 3 atom stereocenters. The minimum absolute atomic E-state index is 0.195. The number of para-hydroxylation sites is 1. The van der Waals surface area contributed by atoms with Gasteiger partial charge in [0.25, 0.3) is 0 Å². The molecular weight excluding hydrogens is 574 g/mol. The number of aryl methyl sites for hydroxylation is 1. The zero-order chi connectivity index (χ0) is 32.4. The number of carbonyl (C=O) groups is 2. The maximum Gasteiger partial charge on any atom is 0.411 e. The highest BCUT2D eigenvalue weighted by Gasteiger charge is 2.48. The summed E-state index contributed by atoms with van der Waals surface area (Å²) in [5.41, 5.74) is 5.90. The van der Waals surface area contributed by atoms with E-state index in [2.05, 4.69) is 65.5 Å². The highest BCUT2D eigenvalue weighted by molar-refractivity contribution is 5.91. The number of benzene rings is 3. The molecule has 2 aliphatic rings. The van der Waals surface area contributed by atoms with E-state index < -0.39 is 17.7 Å². The molecule has 1 aliphatic heterocycles. The van der Waals surface area contributed by atoms with Crippen LogP contribution >= 0.6 is 0 Å². The molecule has 4 aromatic rings. The van der Waals surface area contributed by atoms with E-state index in [-0.39, 0.29) is 23.9 Å². The second-order valence-electron chi connectivity index (χ2n) is 13.9. The van der Waals surface area contributed by atoms with Gasteiger partial charge < -0.3 is 19.4 Å². The van der Waals surface area contributed by atoms with Crippen LogP contribution < -0.4 is 5.32 Å². The molecule has 2 amide bonds. The number of nitrogens with one attached hydrogen (secondary N) is 1.